The van der Waals surface area contributed by atoms with Gasteiger partial charge in [0.15, 0.2) is 11.6 Å². The van der Waals surface area contributed by atoms with Gasteiger partial charge in [0.2, 0.25) is 0 Å². The lowest BCUT2D eigenvalue weighted by molar-refractivity contribution is 0.510. The summed E-state index contributed by atoms with van der Waals surface area (Å²) < 4.78 is 27.1. The summed E-state index contributed by atoms with van der Waals surface area (Å²) in [6.07, 6.45) is 0. The van der Waals surface area contributed by atoms with E-state index >= 15 is 0 Å². The standard InChI is InChI=1S/C13H8BrF2N3/c14-7-1-6(2-8(17)3-7)13-18-11-4-9(15)10(16)5-12(11)19-13/h1-5H,17H2,(H,18,19). The first kappa shape index (κ1) is 12.1. The molecule has 3 rings (SSSR count). The summed E-state index contributed by atoms with van der Waals surface area (Å²) in [6, 6.07) is 7.45. The van der Waals surface area contributed by atoms with Crippen LogP contribution in [0.4, 0.5) is 14.5 Å². The maximum Gasteiger partial charge on any atom is 0.161 e. The molecular formula is C13H8BrF2N3. The molecular weight excluding hydrogens is 316 g/mol. The number of aromatic amines is 1. The Hall–Kier alpha value is -1.95. The monoisotopic (exact) mass is 323 g/mol. The summed E-state index contributed by atoms with van der Waals surface area (Å²) in [5.41, 5.74) is 7.86. The van der Waals surface area contributed by atoms with Gasteiger partial charge in [-0.25, -0.2) is 13.8 Å². The zero-order chi connectivity index (χ0) is 13.6. The summed E-state index contributed by atoms with van der Waals surface area (Å²) in [7, 11) is 0. The molecule has 6 heteroatoms. The quantitative estimate of drug-likeness (QED) is 0.668. The topological polar surface area (TPSA) is 54.7 Å². The van der Waals surface area contributed by atoms with Gasteiger partial charge < -0.3 is 10.7 Å². The van der Waals surface area contributed by atoms with E-state index in [0.717, 1.165) is 22.2 Å². The number of anilines is 1. The molecule has 96 valence electrons. The van der Waals surface area contributed by atoms with Crippen molar-refractivity contribution in [2.75, 3.05) is 5.73 Å². The van der Waals surface area contributed by atoms with Crippen LogP contribution >= 0.6 is 15.9 Å². The van der Waals surface area contributed by atoms with Crippen LogP contribution in [0.3, 0.4) is 0 Å². The van der Waals surface area contributed by atoms with Crippen LogP contribution in [0, 0.1) is 11.6 Å². The second kappa shape index (κ2) is 4.31. The first-order valence-corrected chi connectivity index (χ1v) is 6.23. The van der Waals surface area contributed by atoms with Crippen molar-refractivity contribution in [3.05, 3.63) is 46.4 Å². The van der Waals surface area contributed by atoms with Crippen LogP contribution in [0.5, 0.6) is 0 Å². The van der Waals surface area contributed by atoms with Crippen LogP contribution in [-0.4, -0.2) is 9.97 Å². The van der Waals surface area contributed by atoms with E-state index in [2.05, 4.69) is 25.9 Å². The zero-order valence-corrected chi connectivity index (χ0v) is 11.1. The molecule has 3 aromatic rings. The molecule has 0 aliphatic heterocycles. The fourth-order valence-electron chi connectivity index (χ4n) is 1.89. The maximum atomic E-state index is 13.1. The molecule has 2 aromatic carbocycles. The molecule has 3 N–H and O–H groups in total. The third-order valence-corrected chi connectivity index (χ3v) is 3.18. The molecule has 0 radical (unpaired) electrons. The molecule has 1 heterocycles. The third kappa shape index (κ3) is 2.19. The number of rotatable bonds is 1. The Morgan fingerprint density at radius 3 is 2.53 bits per heavy atom. The fraction of sp³-hybridized carbons (Fsp3) is 0. The Morgan fingerprint density at radius 2 is 1.79 bits per heavy atom. The van der Waals surface area contributed by atoms with Crippen molar-refractivity contribution in [3.63, 3.8) is 0 Å². The fourth-order valence-corrected chi connectivity index (χ4v) is 2.40. The van der Waals surface area contributed by atoms with Gasteiger partial charge in [-0.1, -0.05) is 15.9 Å². The molecule has 0 unspecified atom stereocenters. The number of imidazole rings is 1. The summed E-state index contributed by atoms with van der Waals surface area (Å²) in [4.78, 5) is 7.17. The molecule has 1 aromatic heterocycles. The smallest absolute Gasteiger partial charge is 0.161 e. The largest absolute Gasteiger partial charge is 0.399 e. The van der Waals surface area contributed by atoms with Crippen LogP contribution < -0.4 is 5.73 Å². The summed E-state index contributed by atoms with van der Waals surface area (Å²) in [6.45, 7) is 0. The Bertz CT molecular complexity index is 724. The number of benzene rings is 2. The van der Waals surface area contributed by atoms with Gasteiger partial charge >= 0.3 is 0 Å². The number of nitrogens with one attached hydrogen (secondary N) is 1. The lowest BCUT2D eigenvalue weighted by Crippen LogP contribution is -1.87. The van der Waals surface area contributed by atoms with Crippen LogP contribution in [0.2, 0.25) is 0 Å². The number of H-pyrrole nitrogens is 1. The van der Waals surface area contributed by atoms with Crippen LogP contribution in [0.1, 0.15) is 0 Å². The van der Waals surface area contributed by atoms with Crippen molar-refractivity contribution in [2.45, 2.75) is 0 Å². The Balaban J connectivity index is 2.20. The van der Waals surface area contributed by atoms with E-state index < -0.39 is 11.6 Å². The first-order chi connectivity index (χ1) is 9.02. The van der Waals surface area contributed by atoms with Gasteiger partial charge in [0.05, 0.1) is 11.0 Å². The molecule has 0 aliphatic carbocycles. The van der Waals surface area contributed by atoms with Gasteiger partial charge in [0, 0.05) is 27.9 Å². The van der Waals surface area contributed by atoms with Crippen LogP contribution in [0.15, 0.2) is 34.8 Å². The lowest BCUT2D eigenvalue weighted by atomic mass is 10.2. The van der Waals surface area contributed by atoms with Crippen molar-refractivity contribution in [1.29, 1.82) is 0 Å². The highest BCUT2D eigenvalue weighted by molar-refractivity contribution is 9.10. The Morgan fingerprint density at radius 1 is 1.05 bits per heavy atom. The van der Waals surface area contributed by atoms with Crippen molar-refractivity contribution >= 4 is 32.7 Å². The zero-order valence-electron chi connectivity index (χ0n) is 9.55. The van der Waals surface area contributed by atoms with E-state index in [9.17, 15) is 8.78 Å². The van der Waals surface area contributed by atoms with Crippen LogP contribution in [0.25, 0.3) is 22.4 Å². The minimum absolute atomic E-state index is 0.368. The Kier molecular flexibility index (Phi) is 2.74. The number of aromatic nitrogens is 2. The van der Waals surface area contributed by atoms with Gasteiger partial charge in [0.1, 0.15) is 5.82 Å². The molecule has 0 aliphatic rings. The molecule has 0 amide bonds. The Labute approximate surface area is 115 Å². The van der Waals surface area contributed by atoms with E-state index in [0.29, 0.717) is 22.5 Å². The molecule has 0 atom stereocenters. The second-order valence-corrected chi connectivity index (χ2v) is 5.06. The predicted octanol–water partition coefficient (Wildman–Crippen LogP) is 3.85. The number of nitrogens with two attached hydrogens (primary N) is 1. The minimum atomic E-state index is -0.917. The number of nitrogens with zero attached hydrogens (tertiary/aromatic N) is 1. The third-order valence-electron chi connectivity index (χ3n) is 2.72. The van der Waals surface area contributed by atoms with Gasteiger partial charge in [-0.2, -0.15) is 0 Å². The van der Waals surface area contributed by atoms with Crippen molar-refractivity contribution in [2.24, 2.45) is 0 Å². The number of halogens is 3. The first-order valence-electron chi connectivity index (χ1n) is 5.44. The van der Waals surface area contributed by atoms with Gasteiger partial charge in [-0.15, -0.1) is 0 Å². The van der Waals surface area contributed by atoms with E-state index in [1.807, 2.05) is 6.07 Å². The molecule has 0 fully saturated rings. The van der Waals surface area contributed by atoms with Crippen LogP contribution in [-0.2, 0) is 0 Å². The molecule has 3 nitrogen and oxygen atoms in total. The van der Waals surface area contributed by atoms with Crippen molar-refractivity contribution in [1.82, 2.24) is 9.97 Å². The van der Waals surface area contributed by atoms with E-state index in [-0.39, 0.29) is 0 Å². The summed E-state index contributed by atoms with van der Waals surface area (Å²) >= 11 is 3.34. The maximum absolute atomic E-state index is 13.1. The number of fused-ring (bicyclic) bond motifs is 1. The molecule has 0 bridgehead atoms. The normalized spacial score (nSPS) is 11.1. The molecule has 0 saturated heterocycles. The van der Waals surface area contributed by atoms with E-state index in [4.69, 9.17) is 5.73 Å². The van der Waals surface area contributed by atoms with E-state index in [1.54, 1.807) is 12.1 Å². The number of nitrogen functional groups attached to an aromatic ring is 1. The SMILES string of the molecule is Nc1cc(Br)cc(-c2nc3cc(F)c(F)cc3[nH]2)c1. The molecule has 19 heavy (non-hydrogen) atoms. The average Bonchev–Trinajstić information content (AvgIpc) is 2.71. The molecule has 0 saturated carbocycles. The highest BCUT2D eigenvalue weighted by atomic mass is 79.9. The van der Waals surface area contributed by atoms with Gasteiger partial charge in [-0.05, 0) is 18.2 Å². The highest BCUT2D eigenvalue weighted by Gasteiger charge is 2.10. The number of hydrogen-bond donors (Lipinski definition) is 2. The van der Waals surface area contributed by atoms with Gasteiger partial charge in [0.25, 0.3) is 0 Å². The summed E-state index contributed by atoms with van der Waals surface area (Å²) in [5.74, 6) is -1.32. The molecule has 0 spiro atoms. The summed E-state index contributed by atoms with van der Waals surface area (Å²) in [5, 5.41) is 0. The van der Waals surface area contributed by atoms with E-state index in [1.165, 1.54) is 0 Å². The van der Waals surface area contributed by atoms with Gasteiger partial charge in [-0.3, -0.25) is 0 Å². The lowest BCUT2D eigenvalue weighted by Gasteiger charge is -2.00. The second-order valence-electron chi connectivity index (χ2n) is 4.14. The highest BCUT2D eigenvalue weighted by Crippen LogP contribution is 2.26. The number of hydrogen-bond acceptors (Lipinski definition) is 2. The van der Waals surface area contributed by atoms with Crippen molar-refractivity contribution in [3.8, 4) is 11.4 Å². The minimum Gasteiger partial charge on any atom is -0.399 e. The predicted molar refractivity (Wildman–Crippen MR) is 73.6 cm³/mol. The average molecular weight is 324 g/mol. The van der Waals surface area contributed by atoms with Crippen molar-refractivity contribution < 1.29 is 8.78 Å².